The quantitative estimate of drug-likeness (QED) is 0.776. The number of aromatic amines is 1. The van der Waals surface area contributed by atoms with E-state index in [1.807, 2.05) is 23.5 Å². The number of methoxy groups -OCH3 is 1. The lowest BCUT2D eigenvalue weighted by molar-refractivity contribution is 0.399. The van der Waals surface area contributed by atoms with Crippen LogP contribution < -0.4 is 4.74 Å². The van der Waals surface area contributed by atoms with E-state index in [1.54, 1.807) is 7.11 Å². The minimum atomic E-state index is 0.601. The number of nitrogens with zero attached hydrogens (tertiary/aromatic N) is 2. The van der Waals surface area contributed by atoms with Crippen molar-refractivity contribution in [3.05, 3.63) is 40.3 Å². The number of imidazole rings is 1. The van der Waals surface area contributed by atoms with E-state index in [9.17, 15) is 0 Å². The number of pyridine rings is 1. The van der Waals surface area contributed by atoms with Gasteiger partial charge >= 0.3 is 0 Å². The van der Waals surface area contributed by atoms with Crippen molar-refractivity contribution >= 4 is 22.5 Å². The lowest BCUT2D eigenvalue weighted by Gasteiger charge is -1.95. The van der Waals surface area contributed by atoms with Gasteiger partial charge in [-0.3, -0.25) is 0 Å². The number of hydrogen-bond donors (Lipinski definition) is 1. The SMILES string of the molecule is COc1ccc2[nH]c(CCCc3cccs3)nc2n1. The molecule has 0 aromatic carbocycles. The van der Waals surface area contributed by atoms with E-state index < -0.39 is 0 Å². The van der Waals surface area contributed by atoms with Crippen LogP contribution in [0.4, 0.5) is 0 Å². The van der Waals surface area contributed by atoms with E-state index in [4.69, 9.17) is 4.74 Å². The number of rotatable bonds is 5. The van der Waals surface area contributed by atoms with Crippen molar-refractivity contribution in [2.24, 2.45) is 0 Å². The minimum Gasteiger partial charge on any atom is -0.481 e. The molecular formula is C14H15N3OS. The fourth-order valence-electron chi connectivity index (χ4n) is 2.04. The van der Waals surface area contributed by atoms with E-state index in [-0.39, 0.29) is 0 Å². The Morgan fingerprint density at radius 1 is 1.21 bits per heavy atom. The highest BCUT2D eigenvalue weighted by atomic mass is 32.1. The summed E-state index contributed by atoms with van der Waals surface area (Å²) in [7, 11) is 1.61. The van der Waals surface area contributed by atoms with E-state index in [0.717, 1.165) is 36.3 Å². The van der Waals surface area contributed by atoms with E-state index >= 15 is 0 Å². The standard InChI is InChI=1S/C14H15N3OS/c1-18-13-8-7-11-14(17-13)16-12(15-11)6-2-4-10-5-3-9-19-10/h3,5,7-9H,2,4,6H2,1H3,(H,15,16,17). The van der Waals surface area contributed by atoms with Gasteiger partial charge in [0.15, 0.2) is 5.65 Å². The fraction of sp³-hybridized carbons (Fsp3) is 0.286. The topological polar surface area (TPSA) is 50.8 Å². The molecule has 0 bridgehead atoms. The maximum atomic E-state index is 5.10. The summed E-state index contributed by atoms with van der Waals surface area (Å²) >= 11 is 1.81. The van der Waals surface area contributed by atoms with Crippen LogP contribution in [0.2, 0.25) is 0 Å². The van der Waals surface area contributed by atoms with Gasteiger partial charge in [0.25, 0.3) is 0 Å². The summed E-state index contributed by atoms with van der Waals surface area (Å²) in [6, 6.07) is 8.07. The van der Waals surface area contributed by atoms with E-state index in [1.165, 1.54) is 4.88 Å². The number of thiophene rings is 1. The van der Waals surface area contributed by atoms with Crippen LogP contribution in [-0.4, -0.2) is 22.1 Å². The summed E-state index contributed by atoms with van der Waals surface area (Å²) < 4.78 is 5.10. The molecular weight excluding hydrogens is 258 g/mol. The van der Waals surface area contributed by atoms with Crippen LogP contribution in [0, 0.1) is 0 Å². The highest BCUT2D eigenvalue weighted by Crippen LogP contribution is 2.16. The lowest BCUT2D eigenvalue weighted by atomic mass is 10.2. The number of aromatic nitrogens is 3. The molecule has 0 saturated heterocycles. The first-order valence-electron chi connectivity index (χ1n) is 6.27. The molecule has 4 nitrogen and oxygen atoms in total. The van der Waals surface area contributed by atoms with E-state index in [0.29, 0.717) is 5.88 Å². The summed E-state index contributed by atoms with van der Waals surface area (Å²) in [5.74, 6) is 1.59. The van der Waals surface area contributed by atoms with Gasteiger partial charge in [0, 0.05) is 17.4 Å². The largest absolute Gasteiger partial charge is 0.481 e. The average molecular weight is 273 g/mol. The first-order valence-corrected chi connectivity index (χ1v) is 7.15. The fourth-order valence-corrected chi connectivity index (χ4v) is 2.79. The van der Waals surface area contributed by atoms with Gasteiger partial charge in [0.2, 0.25) is 5.88 Å². The molecule has 0 atom stereocenters. The highest BCUT2D eigenvalue weighted by Gasteiger charge is 2.05. The maximum Gasteiger partial charge on any atom is 0.215 e. The monoisotopic (exact) mass is 273 g/mol. The molecule has 1 N–H and O–H groups in total. The number of aryl methyl sites for hydroxylation is 2. The summed E-state index contributed by atoms with van der Waals surface area (Å²) in [4.78, 5) is 13.5. The van der Waals surface area contributed by atoms with Crippen molar-refractivity contribution in [3.8, 4) is 5.88 Å². The zero-order chi connectivity index (χ0) is 13.1. The van der Waals surface area contributed by atoms with Gasteiger partial charge in [-0.15, -0.1) is 11.3 Å². The van der Waals surface area contributed by atoms with Gasteiger partial charge in [0.1, 0.15) is 5.82 Å². The Balaban J connectivity index is 1.67. The van der Waals surface area contributed by atoms with Gasteiger partial charge in [-0.2, -0.15) is 4.98 Å². The third-order valence-corrected chi connectivity index (χ3v) is 3.93. The second-order valence-corrected chi connectivity index (χ2v) is 5.37. The molecule has 0 unspecified atom stereocenters. The minimum absolute atomic E-state index is 0.601. The third-order valence-electron chi connectivity index (χ3n) is 3.00. The molecule has 0 aliphatic rings. The van der Waals surface area contributed by atoms with Crippen molar-refractivity contribution in [2.75, 3.05) is 7.11 Å². The average Bonchev–Trinajstić information content (AvgIpc) is 3.06. The van der Waals surface area contributed by atoms with E-state index in [2.05, 4.69) is 32.5 Å². The zero-order valence-corrected chi connectivity index (χ0v) is 11.5. The Morgan fingerprint density at radius 2 is 2.16 bits per heavy atom. The molecule has 3 rings (SSSR count). The molecule has 3 heterocycles. The van der Waals surface area contributed by atoms with Crippen LogP contribution >= 0.6 is 11.3 Å². The second-order valence-electron chi connectivity index (χ2n) is 4.34. The molecule has 0 spiro atoms. The van der Waals surface area contributed by atoms with Crippen molar-refractivity contribution in [1.29, 1.82) is 0 Å². The Hall–Kier alpha value is -1.88. The molecule has 3 aromatic rings. The van der Waals surface area contributed by atoms with Crippen LogP contribution in [0.1, 0.15) is 17.1 Å². The Morgan fingerprint density at radius 3 is 2.95 bits per heavy atom. The summed E-state index contributed by atoms with van der Waals surface area (Å²) in [6.45, 7) is 0. The Bertz CT molecular complexity index is 660. The lowest BCUT2D eigenvalue weighted by Crippen LogP contribution is -1.90. The molecule has 0 amide bonds. The zero-order valence-electron chi connectivity index (χ0n) is 10.7. The number of hydrogen-bond acceptors (Lipinski definition) is 4. The van der Waals surface area contributed by atoms with Gasteiger partial charge < -0.3 is 9.72 Å². The highest BCUT2D eigenvalue weighted by molar-refractivity contribution is 7.09. The third kappa shape index (κ3) is 2.76. The smallest absolute Gasteiger partial charge is 0.215 e. The molecule has 19 heavy (non-hydrogen) atoms. The van der Waals surface area contributed by atoms with Crippen LogP contribution in [0.25, 0.3) is 11.2 Å². The van der Waals surface area contributed by atoms with Crippen molar-refractivity contribution < 1.29 is 4.74 Å². The second kappa shape index (κ2) is 5.40. The van der Waals surface area contributed by atoms with Gasteiger partial charge in [-0.05, 0) is 30.4 Å². The molecule has 3 aromatic heterocycles. The van der Waals surface area contributed by atoms with Gasteiger partial charge in [-0.1, -0.05) is 6.07 Å². The van der Waals surface area contributed by atoms with Crippen LogP contribution in [0.3, 0.4) is 0 Å². The Kier molecular flexibility index (Phi) is 3.46. The molecule has 0 saturated carbocycles. The molecule has 0 fully saturated rings. The number of H-pyrrole nitrogens is 1. The molecule has 0 radical (unpaired) electrons. The molecule has 0 aliphatic heterocycles. The van der Waals surface area contributed by atoms with Gasteiger partial charge in [-0.25, -0.2) is 4.98 Å². The number of fused-ring (bicyclic) bond motifs is 1. The number of nitrogens with one attached hydrogen (secondary N) is 1. The predicted octanol–water partition coefficient (Wildman–Crippen LogP) is 3.20. The first-order chi connectivity index (χ1) is 9.35. The number of ether oxygens (including phenoxy) is 1. The van der Waals surface area contributed by atoms with Crippen LogP contribution in [-0.2, 0) is 12.8 Å². The van der Waals surface area contributed by atoms with Crippen molar-refractivity contribution in [3.63, 3.8) is 0 Å². The summed E-state index contributed by atoms with van der Waals surface area (Å²) in [5.41, 5.74) is 1.69. The first kappa shape index (κ1) is 12.2. The predicted molar refractivity (Wildman–Crippen MR) is 76.8 cm³/mol. The maximum absolute atomic E-state index is 5.10. The van der Waals surface area contributed by atoms with Crippen molar-refractivity contribution in [2.45, 2.75) is 19.3 Å². The molecule has 0 aliphatic carbocycles. The summed E-state index contributed by atoms with van der Waals surface area (Å²) in [6.07, 6.45) is 3.14. The van der Waals surface area contributed by atoms with Gasteiger partial charge in [0.05, 0.1) is 12.6 Å². The Labute approximate surface area is 115 Å². The molecule has 98 valence electrons. The summed E-state index contributed by atoms with van der Waals surface area (Å²) in [5, 5.41) is 2.12. The normalized spacial score (nSPS) is 11.0. The van der Waals surface area contributed by atoms with Crippen molar-refractivity contribution in [1.82, 2.24) is 15.0 Å². The molecule has 5 heteroatoms. The van der Waals surface area contributed by atoms with Crippen LogP contribution in [0.15, 0.2) is 29.6 Å². The van der Waals surface area contributed by atoms with Crippen LogP contribution in [0.5, 0.6) is 5.88 Å².